The molecule has 0 heterocycles. The lowest BCUT2D eigenvalue weighted by Gasteiger charge is -2.14. The van der Waals surface area contributed by atoms with Crippen molar-refractivity contribution in [3.63, 3.8) is 0 Å². The molecule has 0 atom stereocenters. The molecule has 1 rings (SSSR count). The van der Waals surface area contributed by atoms with Gasteiger partial charge in [0, 0.05) is 13.5 Å². The summed E-state index contributed by atoms with van der Waals surface area (Å²) in [6.45, 7) is 0.405. The van der Waals surface area contributed by atoms with Crippen LogP contribution in [-0.4, -0.2) is 32.4 Å². The number of ether oxygens (including phenoxy) is 3. The first-order chi connectivity index (χ1) is 9.12. The van der Waals surface area contributed by atoms with Gasteiger partial charge in [-0.2, -0.15) is 0 Å². The number of methoxy groups -OCH3 is 3. The summed E-state index contributed by atoms with van der Waals surface area (Å²) in [6.07, 6.45) is 1.42. The molecule has 0 aliphatic carbocycles. The van der Waals surface area contributed by atoms with Crippen molar-refractivity contribution in [2.24, 2.45) is 0 Å². The Balaban J connectivity index is 2.91. The minimum Gasteiger partial charge on any atom is -0.496 e. The summed E-state index contributed by atoms with van der Waals surface area (Å²) in [7, 11) is 4.80. The molecule has 5 heteroatoms. The number of aliphatic carboxylic acids is 1. The lowest BCUT2D eigenvalue weighted by Crippen LogP contribution is -2.01. The van der Waals surface area contributed by atoms with Gasteiger partial charge in [0.15, 0.2) is 0 Å². The van der Waals surface area contributed by atoms with Gasteiger partial charge in [-0.05, 0) is 30.5 Å². The van der Waals surface area contributed by atoms with E-state index >= 15 is 0 Å². The summed E-state index contributed by atoms with van der Waals surface area (Å²) in [6, 6.07) is 3.80. The van der Waals surface area contributed by atoms with Crippen LogP contribution in [0.25, 0.3) is 0 Å². The molecule has 5 nitrogen and oxygen atoms in total. The van der Waals surface area contributed by atoms with Crippen LogP contribution in [0.4, 0.5) is 0 Å². The van der Waals surface area contributed by atoms with E-state index in [9.17, 15) is 4.79 Å². The largest absolute Gasteiger partial charge is 0.496 e. The highest BCUT2D eigenvalue weighted by Gasteiger charge is 2.12. The van der Waals surface area contributed by atoms with Gasteiger partial charge >= 0.3 is 5.97 Å². The number of carboxylic acid groups (broad SMARTS) is 1. The minimum absolute atomic E-state index is 0.157. The van der Waals surface area contributed by atoms with Crippen LogP contribution < -0.4 is 9.47 Å². The number of rotatable bonds is 8. The van der Waals surface area contributed by atoms with Gasteiger partial charge < -0.3 is 19.3 Å². The van der Waals surface area contributed by atoms with Crippen LogP contribution in [0.1, 0.15) is 24.0 Å². The first-order valence-corrected chi connectivity index (χ1v) is 6.06. The van der Waals surface area contributed by atoms with Crippen molar-refractivity contribution in [1.82, 2.24) is 0 Å². The van der Waals surface area contributed by atoms with Crippen LogP contribution >= 0.6 is 0 Å². The lowest BCUT2D eigenvalue weighted by molar-refractivity contribution is -0.137. The third-order valence-corrected chi connectivity index (χ3v) is 2.81. The Hall–Kier alpha value is -1.75. The third-order valence-electron chi connectivity index (χ3n) is 2.81. The highest BCUT2D eigenvalue weighted by atomic mass is 16.5. The van der Waals surface area contributed by atoms with Crippen LogP contribution in [0.15, 0.2) is 12.1 Å². The molecule has 1 N–H and O–H groups in total. The Bertz CT molecular complexity index is 403. The number of carbonyl (C=O) groups is 1. The topological polar surface area (TPSA) is 65.0 Å². The van der Waals surface area contributed by atoms with E-state index in [0.717, 1.165) is 11.1 Å². The van der Waals surface area contributed by atoms with E-state index in [-0.39, 0.29) is 6.42 Å². The van der Waals surface area contributed by atoms with Crippen molar-refractivity contribution >= 4 is 5.97 Å². The second-order valence-corrected chi connectivity index (χ2v) is 4.16. The number of hydrogen-bond donors (Lipinski definition) is 1. The summed E-state index contributed by atoms with van der Waals surface area (Å²) >= 11 is 0. The molecule has 0 fully saturated rings. The van der Waals surface area contributed by atoms with Crippen molar-refractivity contribution in [2.45, 2.75) is 25.9 Å². The first kappa shape index (κ1) is 15.3. The van der Waals surface area contributed by atoms with Gasteiger partial charge in [-0.25, -0.2) is 0 Å². The number of carboxylic acids is 1. The van der Waals surface area contributed by atoms with Gasteiger partial charge in [0.1, 0.15) is 11.5 Å². The quantitative estimate of drug-likeness (QED) is 0.783. The molecule has 0 spiro atoms. The van der Waals surface area contributed by atoms with Gasteiger partial charge in [0.2, 0.25) is 0 Å². The molecule has 0 aliphatic rings. The molecular weight excluding hydrogens is 248 g/mol. The predicted molar refractivity (Wildman–Crippen MR) is 70.8 cm³/mol. The Kier molecular flexibility index (Phi) is 6.15. The SMILES string of the molecule is COCc1c(OC)cc(CCCC(=O)O)cc1OC. The number of aryl methyl sites for hydroxylation is 1. The fourth-order valence-corrected chi connectivity index (χ4v) is 1.91. The van der Waals surface area contributed by atoms with Crippen LogP contribution in [0.5, 0.6) is 11.5 Å². The van der Waals surface area contributed by atoms with E-state index in [2.05, 4.69) is 0 Å². The van der Waals surface area contributed by atoms with Crippen molar-refractivity contribution in [2.75, 3.05) is 21.3 Å². The van der Waals surface area contributed by atoms with Crippen LogP contribution in [0, 0.1) is 0 Å². The summed E-state index contributed by atoms with van der Waals surface area (Å²) in [4.78, 5) is 10.5. The molecule has 0 saturated carbocycles. The molecule has 0 aliphatic heterocycles. The maximum atomic E-state index is 10.5. The van der Waals surface area contributed by atoms with Crippen molar-refractivity contribution in [3.05, 3.63) is 23.3 Å². The molecule has 0 amide bonds. The van der Waals surface area contributed by atoms with E-state index < -0.39 is 5.97 Å². The molecule has 0 radical (unpaired) electrons. The average Bonchev–Trinajstić information content (AvgIpc) is 2.39. The minimum atomic E-state index is -0.782. The van der Waals surface area contributed by atoms with E-state index in [1.807, 2.05) is 12.1 Å². The Morgan fingerprint density at radius 3 is 2.16 bits per heavy atom. The lowest BCUT2D eigenvalue weighted by atomic mass is 10.0. The Morgan fingerprint density at radius 1 is 1.16 bits per heavy atom. The van der Waals surface area contributed by atoms with E-state index in [0.29, 0.717) is 30.9 Å². The van der Waals surface area contributed by atoms with E-state index in [4.69, 9.17) is 19.3 Å². The van der Waals surface area contributed by atoms with Crippen molar-refractivity contribution in [3.8, 4) is 11.5 Å². The van der Waals surface area contributed by atoms with Gasteiger partial charge in [-0.3, -0.25) is 4.79 Å². The van der Waals surface area contributed by atoms with Gasteiger partial charge in [0.05, 0.1) is 26.4 Å². The molecule has 19 heavy (non-hydrogen) atoms. The Morgan fingerprint density at radius 2 is 1.74 bits per heavy atom. The van der Waals surface area contributed by atoms with Gasteiger partial charge in [0.25, 0.3) is 0 Å². The van der Waals surface area contributed by atoms with Gasteiger partial charge in [-0.15, -0.1) is 0 Å². The Labute approximate surface area is 113 Å². The molecule has 1 aromatic rings. The summed E-state index contributed by atoms with van der Waals surface area (Å²) < 4.78 is 15.8. The zero-order valence-electron chi connectivity index (χ0n) is 11.6. The number of benzene rings is 1. The first-order valence-electron chi connectivity index (χ1n) is 6.06. The number of hydrogen-bond acceptors (Lipinski definition) is 4. The highest BCUT2D eigenvalue weighted by molar-refractivity contribution is 5.66. The highest BCUT2D eigenvalue weighted by Crippen LogP contribution is 2.31. The zero-order chi connectivity index (χ0) is 14.3. The van der Waals surface area contributed by atoms with Gasteiger partial charge in [-0.1, -0.05) is 0 Å². The standard InChI is InChI=1S/C14H20O5/c1-17-9-11-12(18-2)7-10(8-13(11)19-3)5-4-6-14(15)16/h7-8H,4-6,9H2,1-3H3,(H,15,16). The van der Waals surface area contributed by atoms with Crippen LogP contribution in [0.2, 0.25) is 0 Å². The molecule has 0 unspecified atom stereocenters. The molecule has 0 saturated heterocycles. The molecule has 0 aromatic heterocycles. The third kappa shape index (κ3) is 4.44. The average molecular weight is 268 g/mol. The van der Waals surface area contributed by atoms with E-state index in [1.54, 1.807) is 21.3 Å². The maximum absolute atomic E-state index is 10.5. The normalized spacial score (nSPS) is 10.3. The predicted octanol–water partition coefficient (Wildman–Crippen LogP) is 2.26. The fourth-order valence-electron chi connectivity index (χ4n) is 1.91. The summed E-state index contributed by atoms with van der Waals surface area (Å²) in [5.74, 6) is 0.619. The van der Waals surface area contributed by atoms with Crippen molar-refractivity contribution < 1.29 is 24.1 Å². The summed E-state index contributed by atoms with van der Waals surface area (Å²) in [5, 5.41) is 8.64. The zero-order valence-corrected chi connectivity index (χ0v) is 11.6. The fraction of sp³-hybridized carbons (Fsp3) is 0.500. The smallest absolute Gasteiger partial charge is 0.303 e. The molecule has 0 bridgehead atoms. The van der Waals surface area contributed by atoms with Crippen LogP contribution in [0.3, 0.4) is 0 Å². The summed E-state index contributed by atoms with van der Waals surface area (Å²) in [5.41, 5.74) is 1.85. The van der Waals surface area contributed by atoms with Crippen molar-refractivity contribution in [1.29, 1.82) is 0 Å². The molecule has 106 valence electrons. The monoisotopic (exact) mass is 268 g/mol. The molecule has 1 aromatic carbocycles. The van der Waals surface area contributed by atoms with E-state index in [1.165, 1.54) is 0 Å². The van der Waals surface area contributed by atoms with Crippen LogP contribution in [-0.2, 0) is 22.6 Å². The maximum Gasteiger partial charge on any atom is 0.303 e. The second-order valence-electron chi connectivity index (χ2n) is 4.16. The second kappa shape index (κ2) is 7.63. The molecular formula is C14H20O5.